The van der Waals surface area contributed by atoms with Crippen LogP contribution in [0, 0.1) is 11.8 Å². The van der Waals surface area contributed by atoms with Gasteiger partial charge >= 0.3 is 0 Å². The van der Waals surface area contributed by atoms with Gasteiger partial charge in [0.25, 0.3) is 0 Å². The van der Waals surface area contributed by atoms with Gasteiger partial charge in [-0.1, -0.05) is 0 Å². The predicted octanol–water partition coefficient (Wildman–Crippen LogP) is 1.48. The summed E-state index contributed by atoms with van der Waals surface area (Å²) < 4.78 is 0. The fourth-order valence-electron chi connectivity index (χ4n) is 0.517. The molecule has 0 saturated heterocycles. The van der Waals surface area contributed by atoms with Crippen LogP contribution in [-0.4, -0.2) is 17.5 Å². The largest absolute Gasteiger partial charge is 0.327 e. The first-order valence-electron chi connectivity index (χ1n) is 3.50. The fraction of sp³-hybridized carbons (Fsp3) is 0.750. The quantitative estimate of drug-likeness (QED) is 0.494. The van der Waals surface area contributed by atoms with Gasteiger partial charge in [0.05, 0.1) is 0 Å². The first kappa shape index (κ1) is 9.87. The van der Waals surface area contributed by atoms with Crippen LogP contribution in [0.4, 0.5) is 0 Å². The summed E-state index contributed by atoms with van der Waals surface area (Å²) in [5.41, 5.74) is 5.55. The van der Waals surface area contributed by atoms with Crippen LogP contribution in [-0.2, 0) is 0 Å². The van der Waals surface area contributed by atoms with Crippen LogP contribution >= 0.6 is 11.8 Å². The van der Waals surface area contributed by atoms with Gasteiger partial charge in [-0.25, -0.2) is 0 Å². The molecule has 0 radical (unpaired) electrons. The van der Waals surface area contributed by atoms with E-state index in [4.69, 9.17) is 5.73 Å². The molecule has 1 unspecified atom stereocenters. The third kappa shape index (κ3) is 7.87. The van der Waals surface area contributed by atoms with E-state index in [1.807, 2.05) is 25.6 Å². The molecule has 2 heteroatoms. The van der Waals surface area contributed by atoms with E-state index in [0.29, 0.717) is 6.04 Å². The lowest BCUT2D eigenvalue weighted by atomic mass is 10.4. The molecule has 0 saturated carbocycles. The van der Waals surface area contributed by atoms with Crippen molar-refractivity contribution in [3.05, 3.63) is 0 Å². The Kier molecular flexibility index (Phi) is 6.89. The standard InChI is InChI=1S/C8H15NS/c1-3-4-5-6-10-7-8(2)9/h8H,5-7,9H2,1-2H3. The van der Waals surface area contributed by atoms with Crippen molar-refractivity contribution in [1.29, 1.82) is 0 Å². The van der Waals surface area contributed by atoms with E-state index < -0.39 is 0 Å². The van der Waals surface area contributed by atoms with Crippen molar-refractivity contribution in [2.75, 3.05) is 11.5 Å². The summed E-state index contributed by atoms with van der Waals surface area (Å²) in [6, 6.07) is 0.319. The average molecular weight is 157 g/mol. The Labute approximate surface area is 67.8 Å². The Morgan fingerprint density at radius 1 is 1.60 bits per heavy atom. The van der Waals surface area contributed by atoms with Gasteiger partial charge in [0, 0.05) is 24.0 Å². The summed E-state index contributed by atoms with van der Waals surface area (Å²) in [4.78, 5) is 0. The molecule has 0 aromatic carbocycles. The molecular formula is C8H15NS. The monoisotopic (exact) mass is 157 g/mol. The second kappa shape index (κ2) is 6.98. The molecule has 0 aliphatic rings. The second-order valence-corrected chi connectivity index (χ2v) is 3.38. The van der Waals surface area contributed by atoms with Crippen molar-refractivity contribution >= 4 is 11.8 Å². The highest BCUT2D eigenvalue weighted by Crippen LogP contribution is 2.02. The summed E-state index contributed by atoms with van der Waals surface area (Å²) in [7, 11) is 0. The van der Waals surface area contributed by atoms with Crippen LogP contribution in [0.25, 0.3) is 0 Å². The molecule has 0 bridgehead atoms. The zero-order chi connectivity index (χ0) is 7.82. The number of thioether (sulfide) groups is 1. The van der Waals surface area contributed by atoms with E-state index in [1.165, 1.54) is 0 Å². The smallest absolute Gasteiger partial charge is 0.0179 e. The van der Waals surface area contributed by atoms with Gasteiger partial charge in [-0.15, -0.1) is 11.8 Å². The van der Waals surface area contributed by atoms with Crippen LogP contribution in [0.3, 0.4) is 0 Å². The van der Waals surface area contributed by atoms with E-state index in [0.717, 1.165) is 17.9 Å². The Bertz CT molecular complexity index is 121. The molecule has 0 aliphatic carbocycles. The van der Waals surface area contributed by atoms with Gasteiger partial charge in [0.1, 0.15) is 0 Å². The summed E-state index contributed by atoms with van der Waals surface area (Å²) in [6.45, 7) is 3.90. The third-order valence-electron chi connectivity index (χ3n) is 0.929. The summed E-state index contributed by atoms with van der Waals surface area (Å²) in [6.07, 6.45) is 0.994. The number of hydrogen-bond donors (Lipinski definition) is 1. The van der Waals surface area contributed by atoms with Gasteiger partial charge in [-0.05, 0) is 13.8 Å². The zero-order valence-corrected chi connectivity index (χ0v) is 7.50. The van der Waals surface area contributed by atoms with Gasteiger partial charge in [0.2, 0.25) is 0 Å². The van der Waals surface area contributed by atoms with Gasteiger partial charge in [0.15, 0.2) is 0 Å². The number of nitrogens with two attached hydrogens (primary N) is 1. The Morgan fingerprint density at radius 2 is 2.30 bits per heavy atom. The molecule has 58 valence electrons. The minimum Gasteiger partial charge on any atom is -0.327 e. The Morgan fingerprint density at radius 3 is 2.80 bits per heavy atom. The van der Waals surface area contributed by atoms with E-state index in [9.17, 15) is 0 Å². The summed E-state index contributed by atoms with van der Waals surface area (Å²) in [5, 5.41) is 0. The van der Waals surface area contributed by atoms with Crippen LogP contribution < -0.4 is 5.73 Å². The fourth-order valence-corrected chi connectivity index (χ4v) is 1.30. The molecule has 1 nitrogen and oxygen atoms in total. The molecule has 0 fully saturated rings. The number of hydrogen-bond acceptors (Lipinski definition) is 2. The molecule has 0 rings (SSSR count). The van der Waals surface area contributed by atoms with Crippen molar-refractivity contribution in [3.63, 3.8) is 0 Å². The second-order valence-electron chi connectivity index (χ2n) is 2.23. The van der Waals surface area contributed by atoms with E-state index >= 15 is 0 Å². The highest BCUT2D eigenvalue weighted by atomic mass is 32.2. The lowest BCUT2D eigenvalue weighted by Gasteiger charge is -2.01. The molecule has 0 aliphatic heterocycles. The molecule has 0 heterocycles. The van der Waals surface area contributed by atoms with E-state index in [-0.39, 0.29) is 0 Å². The van der Waals surface area contributed by atoms with Crippen molar-refractivity contribution in [2.24, 2.45) is 5.73 Å². The molecular weight excluding hydrogens is 142 g/mol. The van der Waals surface area contributed by atoms with Gasteiger partial charge < -0.3 is 5.73 Å². The van der Waals surface area contributed by atoms with Crippen molar-refractivity contribution in [1.82, 2.24) is 0 Å². The van der Waals surface area contributed by atoms with Crippen LogP contribution in [0.15, 0.2) is 0 Å². The third-order valence-corrected chi connectivity index (χ3v) is 2.18. The SMILES string of the molecule is CC#CCCSCC(C)N. The lowest BCUT2D eigenvalue weighted by Crippen LogP contribution is -2.17. The summed E-state index contributed by atoms with van der Waals surface area (Å²) in [5.74, 6) is 8.03. The maximum atomic E-state index is 5.55. The molecule has 0 amide bonds. The topological polar surface area (TPSA) is 26.0 Å². The van der Waals surface area contributed by atoms with E-state index in [1.54, 1.807) is 0 Å². The minimum absolute atomic E-state index is 0.319. The maximum absolute atomic E-state index is 5.55. The highest BCUT2D eigenvalue weighted by molar-refractivity contribution is 7.99. The molecule has 1 atom stereocenters. The van der Waals surface area contributed by atoms with Crippen LogP contribution in [0.2, 0.25) is 0 Å². The van der Waals surface area contributed by atoms with Crippen LogP contribution in [0.1, 0.15) is 20.3 Å². The Hall–Kier alpha value is -0.130. The summed E-state index contributed by atoms with van der Waals surface area (Å²) >= 11 is 1.87. The number of rotatable bonds is 4. The molecule has 0 aromatic heterocycles. The minimum atomic E-state index is 0.319. The zero-order valence-electron chi connectivity index (χ0n) is 6.68. The first-order chi connectivity index (χ1) is 4.77. The van der Waals surface area contributed by atoms with Gasteiger partial charge in [-0.2, -0.15) is 11.8 Å². The van der Waals surface area contributed by atoms with E-state index in [2.05, 4.69) is 11.8 Å². The first-order valence-corrected chi connectivity index (χ1v) is 4.65. The van der Waals surface area contributed by atoms with Crippen molar-refractivity contribution in [2.45, 2.75) is 26.3 Å². The average Bonchev–Trinajstić information content (AvgIpc) is 1.87. The van der Waals surface area contributed by atoms with Crippen molar-refractivity contribution < 1.29 is 0 Å². The van der Waals surface area contributed by atoms with Crippen molar-refractivity contribution in [3.8, 4) is 11.8 Å². The lowest BCUT2D eigenvalue weighted by molar-refractivity contribution is 0.847. The highest BCUT2D eigenvalue weighted by Gasteiger charge is 1.91. The Balaban J connectivity index is 2.96. The maximum Gasteiger partial charge on any atom is 0.0179 e. The normalized spacial score (nSPS) is 11.9. The molecule has 10 heavy (non-hydrogen) atoms. The van der Waals surface area contributed by atoms with Crippen LogP contribution in [0.5, 0.6) is 0 Å². The molecule has 2 N–H and O–H groups in total. The molecule has 0 aromatic rings. The molecule has 0 spiro atoms. The predicted molar refractivity (Wildman–Crippen MR) is 49.0 cm³/mol. The van der Waals surface area contributed by atoms with Gasteiger partial charge in [-0.3, -0.25) is 0 Å².